The van der Waals surface area contributed by atoms with Gasteiger partial charge in [0.1, 0.15) is 5.84 Å². The summed E-state index contributed by atoms with van der Waals surface area (Å²) in [5.41, 5.74) is 5.01. The average molecular weight is 125 g/mol. The molecule has 0 saturated carbocycles. The van der Waals surface area contributed by atoms with Gasteiger partial charge in [-0.1, -0.05) is 6.08 Å². The molecule has 0 aliphatic rings. The number of nitrogens with two attached hydrogens (primary N) is 1. The van der Waals surface area contributed by atoms with E-state index in [1.54, 1.807) is 12.4 Å². The Balaban J connectivity index is 3.36. The second-order valence-electron chi connectivity index (χ2n) is 1.46. The zero-order valence-corrected chi connectivity index (χ0v) is 5.39. The van der Waals surface area contributed by atoms with Gasteiger partial charge in [-0.2, -0.15) is 0 Å². The fourth-order valence-electron chi connectivity index (χ4n) is 0.290. The van der Waals surface area contributed by atoms with Crippen LogP contribution in [0.5, 0.6) is 0 Å². The van der Waals surface area contributed by atoms with Gasteiger partial charge in [0.25, 0.3) is 0 Å². The molecule has 3 heteroatoms. The Morgan fingerprint density at radius 2 is 2.22 bits per heavy atom. The lowest BCUT2D eigenvalue weighted by molar-refractivity contribution is 1.19. The maximum absolute atomic E-state index is 6.76. The van der Waals surface area contributed by atoms with Gasteiger partial charge in [0.05, 0.1) is 0 Å². The first-order chi connectivity index (χ1) is 4.27. The fraction of sp³-hybridized carbons (Fsp3) is 0.167. The zero-order chi connectivity index (χ0) is 7.11. The normalized spacial score (nSPS) is 10.8. The van der Waals surface area contributed by atoms with Crippen LogP contribution in [-0.4, -0.2) is 5.84 Å². The van der Waals surface area contributed by atoms with E-state index in [9.17, 15) is 0 Å². The van der Waals surface area contributed by atoms with Crippen LogP contribution in [0.25, 0.3) is 0 Å². The molecule has 50 valence electrons. The molecule has 0 amide bonds. The van der Waals surface area contributed by atoms with Crippen molar-refractivity contribution in [2.45, 2.75) is 6.92 Å². The quantitative estimate of drug-likeness (QED) is 0.381. The molecule has 0 aromatic heterocycles. The van der Waals surface area contributed by atoms with E-state index in [1.807, 2.05) is 13.0 Å². The lowest BCUT2D eigenvalue weighted by Gasteiger charge is -1.86. The molecule has 0 atom stereocenters. The van der Waals surface area contributed by atoms with E-state index < -0.39 is 0 Å². The van der Waals surface area contributed by atoms with Crippen LogP contribution in [0.15, 0.2) is 24.6 Å². The van der Waals surface area contributed by atoms with Gasteiger partial charge in [0, 0.05) is 6.20 Å². The molecule has 0 bridgehead atoms. The van der Waals surface area contributed by atoms with Crippen LogP contribution in [-0.2, 0) is 0 Å². The molecule has 0 saturated heterocycles. The van der Waals surface area contributed by atoms with Gasteiger partial charge in [0.2, 0.25) is 0 Å². The highest BCUT2D eigenvalue weighted by Crippen LogP contribution is 1.66. The number of hydrogen-bond acceptors (Lipinski definition) is 2. The molecular formula is C6H11N3. The van der Waals surface area contributed by atoms with E-state index in [2.05, 4.69) is 5.32 Å². The van der Waals surface area contributed by atoms with Crippen LogP contribution in [0.1, 0.15) is 6.92 Å². The van der Waals surface area contributed by atoms with Gasteiger partial charge < -0.3 is 11.1 Å². The minimum absolute atomic E-state index is 0.0482. The van der Waals surface area contributed by atoms with E-state index in [0.29, 0.717) is 0 Å². The van der Waals surface area contributed by atoms with Gasteiger partial charge in [-0.3, -0.25) is 5.41 Å². The Kier molecular flexibility index (Phi) is 4.22. The Morgan fingerprint density at radius 1 is 1.56 bits per heavy atom. The summed E-state index contributed by atoms with van der Waals surface area (Å²) in [5, 5.41) is 9.54. The smallest absolute Gasteiger partial charge is 0.116 e. The number of hydrogen-bond donors (Lipinski definition) is 3. The summed E-state index contributed by atoms with van der Waals surface area (Å²) in [6.45, 7) is 1.90. The molecule has 0 spiro atoms. The monoisotopic (exact) mass is 125 g/mol. The molecule has 3 nitrogen and oxygen atoms in total. The minimum Gasteiger partial charge on any atom is -0.384 e. The molecule has 9 heavy (non-hydrogen) atoms. The van der Waals surface area contributed by atoms with E-state index in [-0.39, 0.29) is 5.84 Å². The summed E-state index contributed by atoms with van der Waals surface area (Å²) in [7, 11) is 0. The van der Waals surface area contributed by atoms with Gasteiger partial charge in [-0.05, 0) is 19.2 Å². The summed E-state index contributed by atoms with van der Waals surface area (Å²) in [6.07, 6.45) is 6.67. The highest BCUT2D eigenvalue weighted by Gasteiger charge is 1.71. The van der Waals surface area contributed by atoms with Crippen LogP contribution < -0.4 is 11.1 Å². The number of nitrogens with one attached hydrogen (secondary N) is 2. The molecule has 0 rings (SSSR count). The molecule has 0 unspecified atom stereocenters. The maximum Gasteiger partial charge on any atom is 0.116 e. The second kappa shape index (κ2) is 4.90. The predicted octanol–water partition coefficient (Wildman–Crippen LogP) is 0.559. The number of rotatable bonds is 3. The summed E-state index contributed by atoms with van der Waals surface area (Å²) < 4.78 is 0. The Morgan fingerprint density at radius 3 is 2.67 bits per heavy atom. The lowest BCUT2D eigenvalue weighted by Crippen LogP contribution is -2.06. The molecule has 0 aromatic carbocycles. The van der Waals surface area contributed by atoms with Crippen molar-refractivity contribution in [1.29, 1.82) is 5.41 Å². The molecule has 0 heterocycles. The molecule has 0 aromatic rings. The van der Waals surface area contributed by atoms with Gasteiger partial charge in [-0.15, -0.1) is 0 Å². The number of amidine groups is 1. The fourth-order valence-corrected chi connectivity index (χ4v) is 0.290. The molecule has 0 aliphatic carbocycles. The van der Waals surface area contributed by atoms with Gasteiger partial charge in [0.15, 0.2) is 0 Å². The molecule has 0 fully saturated rings. The zero-order valence-electron chi connectivity index (χ0n) is 5.39. The Bertz CT molecular complexity index is 135. The van der Waals surface area contributed by atoms with Crippen LogP contribution in [0, 0.1) is 5.41 Å². The van der Waals surface area contributed by atoms with Crippen molar-refractivity contribution in [3.63, 3.8) is 0 Å². The summed E-state index contributed by atoms with van der Waals surface area (Å²) >= 11 is 0. The van der Waals surface area contributed by atoms with Crippen molar-refractivity contribution >= 4 is 5.84 Å². The van der Waals surface area contributed by atoms with E-state index in [4.69, 9.17) is 11.1 Å². The first-order valence-electron chi connectivity index (χ1n) is 2.65. The predicted molar refractivity (Wildman–Crippen MR) is 39.0 cm³/mol. The van der Waals surface area contributed by atoms with Crippen LogP contribution in [0.2, 0.25) is 0 Å². The largest absolute Gasteiger partial charge is 0.384 e. The standard InChI is InChI=1S/C6H11N3/c1-2-4-9-5-3-6(7)8/h2-5,9H,1H3,(H3,7,8)/b4-2+,5-3?. The first kappa shape index (κ1) is 7.75. The Hall–Kier alpha value is -1.25. The summed E-state index contributed by atoms with van der Waals surface area (Å²) in [4.78, 5) is 0. The van der Waals surface area contributed by atoms with Crippen molar-refractivity contribution in [3.05, 3.63) is 24.6 Å². The van der Waals surface area contributed by atoms with Crippen molar-refractivity contribution in [3.8, 4) is 0 Å². The summed E-state index contributed by atoms with van der Waals surface area (Å²) in [5.74, 6) is 0.0482. The minimum atomic E-state index is 0.0482. The second-order valence-corrected chi connectivity index (χ2v) is 1.46. The van der Waals surface area contributed by atoms with Gasteiger partial charge >= 0.3 is 0 Å². The third kappa shape index (κ3) is 6.75. The van der Waals surface area contributed by atoms with Crippen molar-refractivity contribution in [2.75, 3.05) is 0 Å². The van der Waals surface area contributed by atoms with Gasteiger partial charge in [-0.25, -0.2) is 0 Å². The van der Waals surface area contributed by atoms with E-state index in [0.717, 1.165) is 0 Å². The lowest BCUT2D eigenvalue weighted by atomic mass is 10.5. The molecule has 4 N–H and O–H groups in total. The molecule has 0 aliphatic heterocycles. The highest BCUT2D eigenvalue weighted by molar-refractivity contribution is 5.88. The van der Waals surface area contributed by atoms with E-state index >= 15 is 0 Å². The highest BCUT2D eigenvalue weighted by atomic mass is 14.8. The van der Waals surface area contributed by atoms with Crippen LogP contribution >= 0.6 is 0 Å². The van der Waals surface area contributed by atoms with E-state index in [1.165, 1.54) is 6.08 Å². The van der Waals surface area contributed by atoms with Crippen molar-refractivity contribution in [1.82, 2.24) is 5.32 Å². The average Bonchev–Trinajstić information content (AvgIpc) is 1.80. The van der Waals surface area contributed by atoms with Crippen LogP contribution in [0.3, 0.4) is 0 Å². The molecular weight excluding hydrogens is 114 g/mol. The number of allylic oxidation sites excluding steroid dienone is 1. The van der Waals surface area contributed by atoms with Crippen molar-refractivity contribution < 1.29 is 0 Å². The summed E-state index contributed by atoms with van der Waals surface area (Å²) in [6, 6.07) is 0. The van der Waals surface area contributed by atoms with Crippen LogP contribution in [0.4, 0.5) is 0 Å². The topological polar surface area (TPSA) is 61.9 Å². The SMILES string of the molecule is C/C=C/NC=CC(=N)N. The molecule has 0 radical (unpaired) electrons. The third-order valence-electron chi connectivity index (χ3n) is 0.622. The third-order valence-corrected chi connectivity index (χ3v) is 0.622. The first-order valence-corrected chi connectivity index (χ1v) is 2.65. The Labute approximate surface area is 54.8 Å². The maximum atomic E-state index is 6.76. The van der Waals surface area contributed by atoms with Crippen molar-refractivity contribution in [2.24, 2.45) is 5.73 Å².